The molecule has 3 rings (SSSR count). The van der Waals surface area contributed by atoms with Crippen LogP contribution in [0.4, 0.5) is 0 Å². The van der Waals surface area contributed by atoms with Crippen molar-refractivity contribution in [1.82, 2.24) is 4.90 Å². The van der Waals surface area contributed by atoms with Crippen molar-refractivity contribution in [1.29, 1.82) is 0 Å². The van der Waals surface area contributed by atoms with Crippen molar-refractivity contribution < 1.29 is 17.9 Å². The first-order valence-electron chi connectivity index (χ1n) is 11.0. The lowest BCUT2D eigenvalue weighted by atomic mass is 10.0. The normalized spacial score (nSPS) is 12.2. The maximum atomic E-state index is 13.3. The molecule has 0 aliphatic carbocycles. The van der Waals surface area contributed by atoms with E-state index in [0.29, 0.717) is 13.0 Å². The highest BCUT2D eigenvalue weighted by atomic mass is 32.2. The van der Waals surface area contributed by atoms with Crippen molar-refractivity contribution in [3.05, 3.63) is 95.6 Å². The molecule has 0 fully saturated rings. The van der Waals surface area contributed by atoms with E-state index in [2.05, 4.69) is 0 Å². The van der Waals surface area contributed by atoms with Crippen LogP contribution >= 0.6 is 0 Å². The zero-order chi connectivity index (χ0) is 23.8. The van der Waals surface area contributed by atoms with Crippen LogP contribution in [0.3, 0.4) is 0 Å². The van der Waals surface area contributed by atoms with Gasteiger partial charge in [-0.15, -0.1) is 0 Å². The molecule has 1 amide bonds. The molecule has 0 aliphatic heterocycles. The second-order valence-electron chi connectivity index (χ2n) is 8.25. The number of carbonyl (C=O) groups is 1. The molecule has 0 aliphatic rings. The van der Waals surface area contributed by atoms with E-state index in [4.69, 9.17) is 4.74 Å². The minimum absolute atomic E-state index is 0.0701. The standard InChI is InChI=1S/C27H31NO4S/c1-21-13-15-25(16-14-21)33(30,31)18-17-27(29)28(20-23-9-5-4-6-10-23)22(2)19-24-11-7-8-12-26(24)32-3/h4-16,22H,17-20H2,1-3H3. The summed E-state index contributed by atoms with van der Waals surface area (Å²) in [5.74, 6) is 0.372. The average Bonchev–Trinajstić information content (AvgIpc) is 2.82. The SMILES string of the molecule is COc1ccccc1CC(C)N(Cc1ccccc1)C(=O)CCS(=O)(=O)c1ccc(C)cc1. The second kappa shape index (κ2) is 11.1. The number of ether oxygens (including phenoxy) is 1. The van der Waals surface area contributed by atoms with E-state index in [9.17, 15) is 13.2 Å². The van der Waals surface area contributed by atoms with Gasteiger partial charge in [0, 0.05) is 19.0 Å². The lowest BCUT2D eigenvalue weighted by molar-refractivity contribution is -0.133. The van der Waals surface area contributed by atoms with Crippen LogP contribution in [0.5, 0.6) is 5.75 Å². The van der Waals surface area contributed by atoms with E-state index < -0.39 is 9.84 Å². The number of rotatable bonds is 10. The van der Waals surface area contributed by atoms with Crippen molar-refractivity contribution in [2.45, 2.75) is 44.2 Å². The molecule has 174 valence electrons. The molecule has 0 saturated heterocycles. The van der Waals surface area contributed by atoms with Crippen LogP contribution in [-0.2, 0) is 27.6 Å². The van der Waals surface area contributed by atoms with Gasteiger partial charge in [-0.2, -0.15) is 0 Å². The van der Waals surface area contributed by atoms with Crippen molar-refractivity contribution in [3.8, 4) is 5.75 Å². The predicted molar refractivity (Wildman–Crippen MR) is 131 cm³/mol. The van der Waals surface area contributed by atoms with Crippen LogP contribution in [0, 0.1) is 6.92 Å². The van der Waals surface area contributed by atoms with Gasteiger partial charge in [0.15, 0.2) is 9.84 Å². The maximum absolute atomic E-state index is 13.3. The molecule has 3 aromatic rings. The fraction of sp³-hybridized carbons (Fsp3) is 0.296. The first-order valence-corrected chi connectivity index (χ1v) is 12.7. The van der Waals surface area contributed by atoms with Crippen molar-refractivity contribution in [2.24, 2.45) is 0 Å². The number of benzene rings is 3. The highest BCUT2D eigenvalue weighted by Crippen LogP contribution is 2.22. The van der Waals surface area contributed by atoms with E-state index in [1.807, 2.05) is 68.4 Å². The van der Waals surface area contributed by atoms with Crippen LogP contribution in [0.15, 0.2) is 83.8 Å². The minimum Gasteiger partial charge on any atom is -0.496 e. The molecule has 0 saturated carbocycles. The monoisotopic (exact) mass is 465 g/mol. The average molecular weight is 466 g/mol. The molecule has 0 radical (unpaired) electrons. The maximum Gasteiger partial charge on any atom is 0.224 e. The third-order valence-corrected chi connectivity index (χ3v) is 7.45. The van der Waals surface area contributed by atoms with Gasteiger partial charge in [0.25, 0.3) is 0 Å². The lowest BCUT2D eigenvalue weighted by Crippen LogP contribution is -2.40. The fourth-order valence-corrected chi connectivity index (χ4v) is 5.03. The highest BCUT2D eigenvalue weighted by Gasteiger charge is 2.24. The van der Waals surface area contributed by atoms with Crippen LogP contribution in [0.2, 0.25) is 0 Å². The summed E-state index contributed by atoms with van der Waals surface area (Å²) in [7, 11) is -1.91. The summed E-state index contributed by atoms with van der Waals surface area (Å²) >= 11 is 0. The van der Waals surface area contributed by atoms with E-state index in [0.717, 1.165) is 22.4 Å². The summed E-state index contributed by atoms with van der Waals surface area (Å²) < 4.78 is 31.0. The molecule has 5 nitrogen and oxygen atoms in total. The van der Waals surface area contributed by atoms with Crippen LogP contribution < -0.4 is 4.74 Å². The number of amides is 1. The Kier molecular flexibility index (Phi) is 8.28. The number of aryl methyl sites for hydroxylation is 1. The Hall–Kier alpha value is -3.12. The van der Waals surface area contributed by atoms with E-state index in [1.54, 1.807) is 36.3 Å². The van der Waals surface area contributed by atoms with Gasteiger partial charge in [-0.1, -0.05) is 66.2 Å². The van der Waals surface area contributed by atoms with Crippen LogP contribution in [-0.4, -0.2) is 38.1 Å². The number of hydrogen-bond donors (Lipinski definition) is 0. The Bertz CT molecular complexity index is 1160. The van der Waals surface area contributed by atoms with Crippen molar-refractivity contribution in [2.75, 3.05) is 12.9 Å². The first kappa shape index (κ1) is 24.5. The largest absolute Gasteiger partial charge is 0.496 e. The molecular formula is C27H31NO4S. The Balaban J connectivity index is 1.77. The summed E-state index contributed by atoms with van der Waals surface area (Å²) in [5.41, 5.74) is 2.99. The Labute approximate surface area is 196 Å². The van der Waals surface area contributed by atoms with Gasteiger partial charge in [-0.25, -0.2) is 8.42 Å². The van der Waals surface area contributed by atoms with E-state index in [-0.39, 0.29) is 29.0 Å². The van der Waals surface area contributed by atoms with Gasteiger partial charge in [0.05, 0.1) is 17.8 Å². The first-order chi connectivity index (χ1) is 15.8. The number of nitrogens with zero attached hydrogens (tertiary/aromatic N) is 1. The van der Waals surface area contributed by atoms with Gasteiger partial charge in [-0.3, -0.25) is 4.79 Å². The third kappa shape index (κ3) is 6.68. The van der Waals surface area contributed by atoms with Gasteiger partial charge < -0.3 is 9.64 Å². The van der Waals surface area contributed by atoms with Gasteiger partial charge >= 0.3 is 0 Å². The van der Waals surface area contributed by atoms with E-state index >= 15 is 0 Å². The van der Waals surface area contributed by atoms with Crippen LogP contribution in [0.1, 0.15) is 30.0 Å². The Morgan fingerprint density at radius 2 is 1.58 bits per heavy atom. The summed E-state index contributed by atoms with van der Waals surface area (Å²) in [4.78, 5) is 15.3. The fourth-order valence-electron chi connectivity index (χ4n) is 3.80. The second-order valence-corrected chi connectivity index (χ2v) is 10.4. The summed E-state index contributed by atoms with van der Waals surface area (Å²) in [6.07, 6.45) is 0.534. The van der Waals surface area contributed by atoms with Gasteiger partial charge in [0.1, 0.15) is 5.75 Å². The molecule has 0 aromatic heterocycles. The summed E-state index contributed by atoms with van der Waals surface area (Å²) in [6, 6.07) is 24.1. The van der Waals surface area contributed by atoms with Gasteiger partial charge in [0.2, 0.25) is 5.91 Å². The molecule has 1 atom stereocenters. The Morgan fingerprint density at radius 3 is 2.24 bits per heavy atom. The topological polar surface area (TPSA) is 63.7 Å². The quantitative estimate of drug-likeness (QED) is 0.430. The van der Waals surface area contributed by atoms with E-state index in [1.165, 1.54) is 0 Å². The number of carbonyl (C=O) groups excluding carboxylic acids is 1. The minimum atomic E-state index is -3.54. The molecule has 1 unspecified atom stereocenters. The number of hydrogen-bond acceptors (Lipinski definition) is 4. The molecule has 0 N–H and O–H groups in total. The number of sulfone groups is 1. The smallest absolute Gasteiger partial charge is 0.224 e. The zero-order valence-electron chi connectivity index (χ0n) is 19.4. The molecule has 6 heteroatoms. The van der Waals surface area contributed by atoms with Gasteiger partial charge in [-0.05, 0) is 49.6 Å². The zero-order valence-corrected chi connectivity index (χ0v) is 20.2. The molecule has 3 aromatic carbocycles. The molecular weight excluding hydrogens is 434 g/mol. The number of para-hydroxylation sites is 1. The molecule has 33 heavy (non-hydrogen) atoms. The summed E-state index contributed by atoms with van der Waals surface area (Å²) in [5, 5.41) is 0. The molecule has 0 heterocycles. The summed E-state index contributed by atoms with van der Waals surface area (Å²) in [6.45, 7) is 4.31. The van der Waals surface area contributed by atoms with Crippen molar-refractivity contribution in [3.63, 3.8) is 0 Å². The Morgan fingerprint density at radius 1 is 0.939 bits per heavy atom. The molecule has 0 bridgehead atoms. The van der Waals surface area contributed by atoms with Crippen LogP contribution in [0.25, 0.3) is 0 Å². The molecule has 0 spiro atoms. The highest BCUT2D eigenvalue weighted by molar-refractivity contribution is 7.91. The predicted octanol–water partition coefficient (Wildman–Crippen LogP) is 4.83. The van der Waals surface area contributed by atoms with Crippen molar-refractivity contribution >= 4 is 15.7 Å². The third-order valence-electron chi connectivity index (χ3n) is 5.72. The lowest BCUT2D eigenvalue weighted by Gasteiger charge is -2.30. The number of methoxy groups -OCH3 is 1.